The maximum Gasteiger partial charge on any atom is 0.326 e. The molecule has 0 bridgehead atoms. The number of hydrogen-bond acceptors (Lipinski definition) is 2. The molecule has 1 heterocycles. The fourth-order valence-electron chi connectivity index (χ4n) is 3.88. The van der Waals surface area contributed by atoms with E-state index in [1.165, 1.54) is 11.1 Å². The number of carboxylic acid groups (broad SMARTS) is 1. The molecule has 2 unspecified atom stereocenters. The van der Waals surface area contributed by atoms with Crippen LogP contribution in [0, 0.1) is 0 Å². The van der Waals surface area contributed by atoms with Crippen LogP contribution in [0.4, 0.5) is 0 Å². The predicted octanol–water partition coefficient (Wildman–Crippen LogP) is 2.96. The van der Waals surface area contributed by atoms with E-state index in [0.717, 1.165) is 32.1 Å². The second kappa shape index (κ2) is 6.51. The molecule has 0 saturated carbocycles. The minimum absolute atomic E-state index is 0.00815. The van der Waals surface area contributed by atoms with Crippen LogP contribution in [-0.4, -0.2) is 34.5 Å². The Hall–Kier alpha value is -1.84. The van der Waals surface area contributed by atoms with Gasteiger partial charge in [0.2, 0.25) is 5.91 Å². The number of nitrogens with zero attached hydrogens (tertiary/aromatic N) is 1. The van der Waals surface area contributed by atoms with E-state index in [4.69, 9.17) is 0 Å². The SMILES string of the molecule is O=C(O)C1CCCCN1C(=O)CC1CCCc2ccccc21. The number of piperidine rings is 1. The number of hydrogen-bond donors (Lipinski definition) is 1. The third kappa shape index (κ3) is 3.01. The van der Waals surface area contributed by atoms with E-state index in [0.29, 0.717) is 19.4 Å². The summed E-state index contributed by atoms with van der Waals surface area (Å²) in [5.74, 6) is -0.611. The van der Waals surface area contributed by atoms with Gasteiger partial charge in [-0.05, 0) is 55.6 Å². The van der Waals surface area contributed by atoms with Gasteiger partial charge in [0.15, 0.2) is 0 Å². The fraction of sp³-hybridized carbons (Fsp3) is 0.556. The zero-order chi connectivity index (χ0) is 15.5. The van der Waals surface area contributed by atoms with Gasteiger partial charge in [0.25, 0.3) is 0 Å². The summed E-state index contributed by atoms with van der Waals surface area (Å²) in [6.07, 6.45) is 6.06. The zero-order valence-corrected chi connectivity index (χ0v) is 12.8. The van der Waals surface area contributed by atoms with Crippen LogP contribution in [0.5, 0.6) is 0 Å². The Bertz CT molecular complexity index is 569. The van der Waals surface area contributed by atoms with Crippen molar-refractivity contribution in [3.8, 4) is 0 Å². The zero-order valence-electron chi connectivity index (χ0n) is 12.8. The molecule has 0 spiro atoms. The van der Waals surface area contributed by atoms with Gasteiger partial charge < -0.3 is 10.0 Å². The van der Waals surface area contributed by atoms with Gasteiger partial charge in [0.05, 0.1) is 0 Å². The number of amides is 1. The maximum absolute atomic E-state index is 12.7. The molecule has 22 heavy (non-hydrogen) atoms. The summed E-state index contributed by atoms with van der Waals surface area (Å²) in [4.78, 5) is 25.6. The normalized spacial score (nSPS) is 24.6. The van der Waals surface area contributed by atoms with Crippen LogP contribution >= 0.6 is 0 Å². The van der Waals surface area contributed by atoms with E-state index >= 15 is 0 Å². The maximum atomic E-state index is 12.7. The Kier molecular flexibility index (Phi) is 4.46. The summed E-state index contributed by atoms with van der Waals surface area (Å²) in [6, 6.07) is 7.72. The summed E-state index contributed by atoms with van der Waals surface area (Å²) in [5.41, 5.74) is 2.63. The number of carboxylic acids is 1. The molecule has 2 aliphatic rings. The monoisotopic (exact) mass is 301 g/mol. The van der Waals surface area contributed by atoms with Gasteiger partial charge in [0.1, 0.15) is 6.04 Å². The van der Waals surface area contributed by atoms with Gasteiger partial charge in [-0.15, -0.1) is 0 Å². The lowest BCUT2D eigenvalue weighted by atomic mass is 9.80. The molecule has 1 aromatic rings. The first-order valence-electron chi connectivity index (χ1n) is 8.27. The molecule has 1 saturated heterocycles. The number of aliphatic carboxylic acids is 1. The van der Waals surface area contributed by atoms with Gasteiger partial charge in [-0.25, -0.2) is 4.79 Å². The van der Waals surface area contributed by atoms with Crippen molar-refractivity contribution in [1.82, 2.24) is 4.90 Å². The lowest BCUT2D eigenvalue weighted by Crippen LogP contribution is -2.48. The average Bonchev–Trinajstić information content (AvgIpc) is 2.55. The first kappa shape index (κ1) is 15.1. The van der Waals surface area contributed by atoms with Crippen molar-refractivity contribution in [3.63, 3.8) is 0 Å². The van der Waals surface area contributed by atoms with Crippen molar-refractivity contribution in [3.05, 3.63) is 35.4 Å². The van der Waals surface area contributed by atoms with Crippen molar-refractivity contribution >= 4 is 11.9 Å². The van der Waals surface area contributed by atoms with Crippen LogP contribution in [0.3, 0.4) is 0 Å². The highest BCUT2D eigenvalue weighted by Gasteiger charge is 2.33. The van der Waals surface area contributed by atoms with Crippen molar-refractivity contribution in [2.24, 2.45) is 0 Å². The van der Waals surface area contributed by atoms with Crippen molar-refractivity contribution in [2.75, 3.05) is 6.54 Å². The highest BCUT2D eigenvalue weighted by molar-refractivity contribution is 5.84. The standard InChI is InChI=1S/C18H23NO3/c20-17(19-11-4-3-10-16(19)18(21)22)12-14-8-5-7-13-6-1-2-9-15(13)14/h1-2,6,9,14,16H,3-5,7-8,10-12H2,(H,21,22). The van der Waals surface area contributed by atoms with Gasteiger partial charge >= 0.3 is 5.97 Å². The predicted molar refractivity (Wildman–Crippen MR) is 83.7 cm³/mol. The topological polar surface area (TPSA) is 57.6 Å². The first-order valence-corrected chi connectivity index (χ1v) is 8.27. The Morgan fingerprint density at radius 2 is 1.95 bits per heavy atom. The Labute approximate surface area is 131 Å². The molecule has 0 radical (unpaired) electrons. The highest BCUT2D eigenvalue weighted by atomic mass is 16.4. The Morgan fingerprint density at radius 3 is 2.77 bits per heavy atom. The minimum atomic E-state index is -0.864. The Balaban J connectivity index is 1.73. The van der Waals surface area contributed by atoms with Crippen LogP contribution < -0.4 is 0 Å². The van der Waals surface area contributed by atoms with Crippen LogP contribution in [0.25, 0.3) is 0 Å². The molecule has 0 aromatic heterocycles. The minimum Gasteiger partial charge on any atom is -0.480 e. The number of aryl methyl sites for hydroxylation is 1. The molecule has 3 rings (SSSR count). The largest absolute Gasteiger partial charge is 0.480 e. The molecule has 1 aromatic carbocycles. The second-order valence-electron chi connectivity index (χ2n) is 6.43. The molecule has 1 aliphatic carbocycles. The molecule has 1 amide bonds. The molecule has 1 aliphatic heterocycles. The number of fused-ring (bicyclic) bond motifs is 1. The van der Waals surface area contributed by atoms with Crippen LogP contribution in [0.1, 0.15) is 55.6 Å². The first-order chi connectivity index (χ1) is 10.7. The van der Waals surface area contributed by atoms with E-state index in [2.05, 4.69) is 12.1 Å². The highest BCUT2D eigenvalue weighted by Crippen LogP contribution is 2.34. The third-order valence-electron chi connectivity index (χ3n) is 5.02. The van der Waals surface area contributed by atoms with Crippen LogP contribution in [0.15, 0.2) is 24.3 Å². The summed E-state index contributed by atoms with van der Waals surface area (Å²) in [5, 5.41) is 9.33. The molecule has 118 valence electrons. The molecule has 1 fully saturated rings. The number of likely N-dealkylation sites (tertiary alicyclic amines) is 1. The number of carbonyl (C=O) groups excluding carboxylic acids is 1. The van der Waals surface area contributed by atoms with Crippen molar-refractivity contribution in [2.45, 2.75) is 56.9 Å². The van der Waals surface area contributed by atoms with E-state index in [9.17, 15) is 14.7 Å². The van der Waals surface area contributed by atoms with Gasteiger partial charge in [-0.1, -0.05) is 24.3 Å². The van der Waals surface area contributed by atoms with Crippen LogP contribution in [-0.2, 0) is 16.0 Å². The molecule has 1 N–H and O–H groups in total. The molecular weight excluding hydrogens is 278 g/mol. The molecule has 4 heteroatoms. The summed E-state index contributed by atoms with van der Waals surface area (Å²) in [6.45, 7) is 0.587. The molecule has 4 nitrogen and oxygen atoms in total. The summed E-state index contributed by atoms with van der Waals surface area (Å²) < 4.78 is 0. The van der Waals surface area contributed by atoms with E-state index < -0.39 is 12.0 Å². The smallest absolute Gasteiger partial charge is 0.326 e. The molecular formula is C18H23NO3. The van der Waals surface area contributed by atoms with E-state index in [1.54, 1.807) is 4.90 Å². The number of benzene rings is 1. The lowest BCUT2D eigenvalue weighted by Gasteiger charge is -2.35. The molecule has 2 atom stereocenters. The van der Waals surface area contributed by atoms with Crippen molar-refractivity contribution < 1.29 is 14.7 Å². The van der Waals surface area contributed by atoms with E-state index in [1.807, 2.05) is 12.1 Å². The lowest BCUT2D eigenvalue weighted by molar-refractivity contribution is -0.152. The van der Waals surface area contributed by atoms with Gasteiger partial charge in [-0.2, -0.15) is 0 Å². The Morgan fingerprint density at radius 1 is 1.14 bits per heavy atom. The van der Waals surface area contributed by atoms with Crippen LogP contribution in [0.2, 0.25) is 0 Å². The van der Waals surface area contributed by atoms with E-state index in [-0.39, 0.29) is 11.8 Å². The summed E-state index contributed by atoms with van der Waals surface area (Å²) >= 11 is 0. The third-order valence-corrected chi connectivity index (χ3v) is 5.02. The number of rotatable bonds is 3. The second-order valence-corrected chi connectivity index (χ2v) is 6.43. The van der Waals surface area contributed by atoms with Gasteiger partial charge in [0, 0.05) is 13.0 Å². The van der Waals surface area contributed by atoms with Gasteiger partial charge in [-0.3, -0.25) is 4.79 Å². The van der Waals surface area contributed by atoms with Crippen molar-refractivity contribution in [1.29, 1.82) is 0 Å². The quantitative estimate of drug-likeness (QED) is 0.934. The average molecular weight is 301 g/mol. The fourth-order valence-corrected chi connectivity index (χ4v) is 3.88. The number of carbonyl (C=O) groups is 2. The summed E-state index contributed by atoms with van der Waals surface area (Å²) in [7, 11) is 0.